The zero-order valence-electron chi connectivity index (χ0n) is 11.8. The van der Waals surface area contributed by atoms with Crippen LogP contribution < -0.4 is 5.32 Å². The van der Waals surface area contributed by atoms with E-state index in [-0.39, 0.29) is 0 Å². The summed E-state index contributed by atoms with van der Waals surface area (Å²) in [6, 6.07) is 5.92. The fourth-order valence-electron chi connectivity index (χ4n) is 1.80. The first-order valence-electron chi connectivity index (χ1n) is 6.42. The van der Waals surface area contributed by atoms with Crippen molar-refractivity contribution in [2.45, 2.75) is 32.9 Å². The minimum atomic E-state index is -0.476. The van der Waals surface area contributed by atoms with E-state index in [1.807, 2.05) is 43.5 Å². The first kappa shape index (κ1) is 14.8. The second-order valence-corrected chi connectivity index (χ2v) is 6.42. The van der Waals surface area contributed by atoms with Crippen LogP contribution in [-0.2, 0) is 11.3 Å². The Morgan fingerprint density at radius 3 is 2.90 bits per heavy atom. The summed E-state index contributed by atoms with van der Waals surface area (Å²) < 4.78 is 8.19. The van der Waals surface area contributed by atoms with E-state index in [9.17, 15) is 4.79 Å². The Balaban J connectivity index is 1.93. The Morgan fingerprint density at radius 2 is 2.20 bits per heavy atom. The van der Waals surface area contributed by atoms with Crippen LogP contribution in [0.5, 0.6) is 0 Å². The molecule has 0 aliphatic rings. The van der Waals surface area contributed by atoms with Crippen LogP contribution in [0.4, 0.5) is 4.79 Å². The van der Waals surface area contributed by atoms with Gasteiger partial charge in [0.1, 0.15) is 5.60 Å². The van der Waals surface area contributed by atoms with Gasteiger partial charge in [0.05, 0.1) is 17.4 Å². The third-order valence-electron chi connectivity index (χ3n) is 2.60. The van der Waals surface area contributed by atoms with Crippen molar-refractivity contribution in [1.29, 1.82) is 0 Å². The second-order valence-electron chi connectivity index (χ2n) is 5.50. The van der Waals surface area contributed by atoms with Crippen molar-refractivity contribution >= 4 is 33.1 Å². The van der Waals surface area contributed by atoms with Gasteiger partial charge in [-0.2, -0.15) is 0 Å². The summed E-state index contributed by atoms with van der Waals surface area (Å²) in [4.78, 5) is 15.9. The number of nitrogens with zero attached hydrogens (tertiary/aromatic N) is 2. The number of amides is 1. The predicted molar refractivity (Wildman–Crippen MR) is 81.7 cm³/mol. The monoisotopic (exact) mass is 339 g/mol. The van der Waals surface area contributed by atoms with Crippen molar-refractivity contribution < 1.29 is 9.53 Å². The molecule has 1 aromatic heterocycles. The van der Waals surface area contributed by atoms with Crippen LogP contribution in [0, 0.1) is 0 Å². The number of ether oxygens (including phenoxy) is 1. The molecular weight excluding hydrogens is 322 g/mol. The maximum Gasteiger partial charge on any atom is 0.407 e. The molecule has 2 aromatic rings. The quantitative estimate of drug-likeness (QED) is 0.933. The molecule has 2 rings (SSSR count). The molecular formula is C14H18BrN3O2. The summed E-state index contributed by atoms with van der Waals surface area (Å²) in [5, 5.41) is 2.74. The first-order chi connectivity index (χ1) is 9.35. The summed E-state index contributed by atoms with van der Waals surface area (Å²) in [5.74, 6) is 0. The molecule has 1 N–H and O–H groups in total. The standard InChI is InChI=1S/C14H18BrN3O2/c1-14(2,3)20-13(19)16-6-7-18-9-17-11-5-4-10(15)8-12(11)18/h4-5,8-9H,6-7H2,1-3H3,(H,16,19). The fourth-order valence-corrected chi connectivity index (χ4v) is 2.15. The van der Waals surface area contributed by atoms with E-state index < -0.39 is 11.7 Å². The van der Waals surface area contributed by atoms with Gasteiger partial charge in [0.2, 0.25) is 0 Å². The van der Waals surface area contributed by atoms with E-state index in [0.717, 1.165) is 15.5 Å². The minimum absolute atomic E-state index is 0.400. The van der Waals surface area contributed by atoms with Crippen molar-refractivity contribution in [2.75, 3.05) is 6.54 Å². The number of hydrogen-bond donors (Lipinski definition) is 1. The third kappa shape index (κ3) is 3.96. The highest BCUT2D eigenvalue weighted by Gasteiger charge is 2.15. The summed E-state index contributed by atoms with van der Waals surface area (Å²) in [6.07, 6.45) is 1.37. The molecule has 0 bridgehead atoms. The number of rotatable bonds is 3. The summed E-state index contributed by atoms with van der Waals surface area (Å²) in [7, 11) is 0. The molecule has 0 spiro atoms. The molecule has 0 saturated heterocycles. The van der Waals surface area contributed by atoms with E-state index in [4.69, 9.17) is 4.74 Å². The second kappa shape index (κ2) is 5.83. The van der Waals surface area contributed by atoms with Crippen LogP contribution in [0.25, 0.3) is 11.0 Å². The smallest absolute Gasteiger partial charge is 0.407 e. The van der Waals surface area contributed by atoms with Crippen LogP contribution in [0.3, 0.4) is 0 Å². The molecule has 0 unspecified atom stereocenters. The summed E-state index contributed by atoms with van der Waals surface area (Å²) in [6.45, 7) is 6.66. The Bertz CT molecular complexity index is 616. The average molecular weight is 340 g/mol. The number of carbonyl (C=O) groups is 1. The molecule has 6 heteroatoms. The van der Waals surface area contributed by atoms with Crippen molar-refractivity contribution in [3.63, 3.8) is 0 Å². The Morgan fingerprint density at radius 1 is 1.45 bits per heavy atom. The van der Waals surface area contributed by atoms with Gasteiger partial charge in [-0.1, -0.05) is 15.9 Å². The van der Waals surface area contributed by atoms with Gasteiger partial charge < -0.3 is 14.6 Å². The number of alkyl carbamates (subject to hydrolysis) is 1. The van der Waals surface area contributed by atoms with Crippen LogP contribution >= 0.6 is 15.9 Å². The number of carbonyl (C=O) groups excluding carboxylic acids is 1. The summed E-state index contributed by atoms with van der Waals surface area (Å²) in [5.41, 5.74) is 1.49. The zero-order chi connectivity index (χ0) is 14.8. The van der Waals surface area contributed by atoms with E-state index in [2.05, 4.69) is 26.2 Å². The highest BCUT2D eigenvalue weighted by molar-refractivity contribution is 9.10. The van der Waals surface area contributed by atoms with E-state index in [1.54, 1.807) is 6.33 Å². The lowest BCUT2D eigenvalue weighted by molar-refractivity contribution is 0.0526. The van der Waals surface area contributed by atoms with Crippen molar-refractivity contribution in [2.24, 2.45) is 0 Å². The van der Waals surface area contributed by atoms with Crippen molar-refractivity contribution in [3.05, 3.63) is 29.0 Å². The molecule has 0 aliphatic carbocycles. The van der Waals surface area contributed by atoms with Crippen molar-refractivity contribution in [1.82, 2.24) is 14.9 Å². The number of fused-ring (bicyclic) bond motifs is 1. The number of hydrogen-bond acceptors (Lipinski definition) is 3. The fraction of sp³-hybridized carbons (Fsp3) is 0.429. The van der Waals surface area contributed by atoms with E-state index in [1.165, 1.54) is 0 Å². The van der Waals surface area contributed by atoms with E-state index >= 15 is 0 Å². The first-order valence-corrected chi connectivity index (χ1v) is 7.22. The van der Waals surface area contributed by atoms with Gasteiger partial charge in [0.25, 0.3) is 0 Å². The molecule has 0 aliphatic heterocycles. The van der Waals surface area contributed by atoms with Gasteiger partial charge in [-0.15, -0.1) is 0 Å². The molecule has 1 aromatic carbocycles. The largest absolute Gasteiger partial charge is 0.444 e. The van der Waals surface area contributed by atoms with Crippen LogP contribution in [0.15, 0.2) is 29.0 Å². The highest BCUT2D eigenvalue weighted by Crippen LogP contribution is 2.18. The van der Waals surface area contributed by atoms with Gasteiger partial charge in [-0.05, 0) is 39.0 Å². The van der Waals surface area contributed by atoms with Gasteiger partial charge in [-0.25, -0.2) is 9.78 Å². The van der Waals surface area contributed by atoms with Gasteiger partial charge >= 0.3 is 6.09 Å². The molecule has 5 nitrogen and oxygen atoms in total. The van der Waals surface area contributed by atoms with Gasteiger partial charge in [0.15, 0.2) is 0 Å². The molecule has 108 valence electrons. The Labute approximate surface area is 126 Å². The Kier molecular flexibility index (Phi) is 4.32. The molecule has 0 fully saturated rings. The van der Waals surface area contributed by atoms with Gasteiger partial charge in [-0.3, -0.25) is 0 Å². The maximum absolute atomic E-state index is 11.5. The van der Waals surface area contributed by atoms with E-state index in [0.29, 0.717) is 13.1 Å². The molecule has 0 atom stereocenters. The zero-order valence-corrected chi connectivity index (χ0v) is 13.4. The van der Waals surface area contributed by atoms with Crippen LogP contribution in [0.1, 0.15) is 20.8 Å². The predicted octanol–water partition coefficient (Wildman–Crippen LogP) is 3.32. The lowest BCUT2D eigenvalue weighted by Crippen LogP contribution is -2.34. The molecule has 20 heavy (non-hydrogen) atoms. The normalized spacial score (nSPS) is 11.6. The average Bonchev–Trinajstić information content (AvgIpc) is 2.69. The highest BCUT2D eigenvalue weighted by atomic mass is 79.9. The van der Waals surface area contributed by atoms with Crippen molar-refractivity contribution in [3.8, 4) is 0 Å². The number of aromatic nitrogens is 2. The number of nitrogens with one attached hydrogen (secondary N) is 1. The van der Waals surface area contributed by atoms with Crippen LogP contribution in [0.2, 0.25) is 0 Å². The van der Waals surface area contributed by atoms with Gasteiger partial charge in [0, 0.05) is 17.6 Å². The number of benzene rings is 1. The Hall–Kier alpha value is -1.56. The number of halogens is 1. The molecule has 1 heterocycles. The molecule has 0 saturated carbocycles. The number of imidazole rings is 1. The topological polar surface area (TPSA) is 56.1 Å². The summed E-state index contributed by atoms with van der Waals surface area (Å²) >= 11 is 3.44. The third-order valence-corrected chi connectivity index (χ3v) is 3.10. The lowest BCUT2D eigenvalue weighted by Gasteiger charge is -2.19. The molecule has 1 amide bonds. The van der Waals surface area contributed by atoms with Crippen LogP contribution in [-0.4, -0.2) is 27.8 Å². The lowest BCUT2D eigenvalue weighted by atomic mass is 10.2. The SMILES string of the molecule is CC(C)(C)OC(=O)NCCn1cnc2ccc(Br)cc21. The maximum atomic E-state index is 11.5. The molecule has 0 radical (unpaired) electrons. The minimum Gasteiger partial charge on any atom is -0.444 e.